The zero-order valence-electron chi connectivity index (χ0n) is 15.1. The highest BCUT2D eigenvalue weighted by Crippen LogP contribution is 2.34. The van der Waals surface area contributed by atoms with Crippen LogP contribution in [0.25, 0.3) is 0 Å². The highest BCUT2D eigenvalue weighted by atomic mass is 35.5. The van der Waals surface area contributed by atoms with Gasteiger partial charge in [0.25, 0.3) is 0 Å². The van der Waals surface area contributed by atoms with Crippen LogP contribution in [0.4, 0.5) is 0 Å². The van der Waals surface area contributed by atoms with Crippen LogP contribution in [0.2, 0.25) is 5.02 Å². The Kier molecular flexibility index (Phi) is 6.20. The normalized spacial score (nSPS) is 25.9. The summed E-state index contributed by atoms with van der Waals surface area (Å²) in [5.74, 6) is 0.845. The van der Waals surface area contributed by atoms with E-state index >= 15 is 0 Å². The first-order valence-corrected chi connectivity index (χ1v) is 9.37. The van der Waals surface area contributed by atoms with Crippen molar-refractivity contribution in [2.75, 3.05) is 6.61 Å². The van der Waals surface area contributed by atoms with E-state index in [0.29, 0.717) is 24.5 Å². The molecule has 26 heavy (non-hydrogen) atoms. The molecular weight excluding hydrogens is 352 g/mol. The minimum Gasteiger partial charge on any atom is -0.494 e. The van der Waals surface area contributed by atoms with Crippen LogP contribution < -0.4 is 4.74 Å². The second-order valence-corrected chi connectivity index (χ2v) is 7.17. The number of ether oxygens (including phenoxy) is 2. The fourth-order valence-corrected chi connectivity index (χ4v) is 3.52. The third kappa shape index (κ3) is 4.38. The van der Waals surface area contributed by atoms with Crippen LogP contribution in [0, 0.1) is 0 Å². The minimum absolute atomic E-state index is 0.108. The molecule has 1 fully saturated rings. The molecule has 4 nitrogen and oxygen atoms in total. The summed E-state index contributed by atoms with van der Waals surface area (Å²) in [5.41, 5.74) is 2.90. The maximum Gasteiger partial charge on any atom is 0.119 e. The molecule has 4 unspecified atom stereocenters. The summed E-state index contributed by atoms with van der Waals surface area (Å²) in [4.78, 5) is 0. The molecule has 2 N–H and O–H groups in total. The number of aliphatic hydroxyl groups is 2. The predicted octanol–water partition coefficient (Wildman–Crippen LogP) is 3.90. The Morgan fingerprint density at radius 1 is 1.15 bits per heavy atom. The average Bonchev–Trinajstić information content (AvgIpc) is 2.62. The molecule has 4 atom stereocenters. The van der Waals surface area contributed by atoms with E-state index in [1.54, 1.807) is 0 Å². The fraction of sp³-hybridized carbons (Fsp3) is 0.429. The monoisotopic (exact) mass is 376 g/mol. The van der Waals surface area contributed by atoms with Crippen LogP contribution in [-0.2, 0) is 11.2 Å². The van der Waals surface area contributed by atoms with Crippen molar-refractivity contribution in [1.29, 1.82) is 0 Å². The van der Waals surface area contributed by atoms with Gasteiger partial charge in [-0.3, -0.25) is 0 Å². The van der Waals surface area contributed by atoms with Gasteiger partial charge in [0.15, 0.2) is 0 Å². The lowest BCUT2D eigenvalue weighted by Gasteiger charge is -2.36. The quantitative estimate of drug-likeness (QED) is 0.830. The zero-order chi connectivity index (χ0) is 18.7. The molecule has 3 rings (SSSR count). The van der Waals surface area contributed by atoms with Gasteiger partial charge in [0, 0.05) is 11.4 Å². The topological polar surface area (TPSA) is 58.9 Å². The number of rotatable bonds is 5. The van der Waals surface area contributed by atoms with Gasteiger partial charge in [0.1, 0.15) is 18.0 Å². The van der Waals surface area contributed by atoms with E-state index in [9.17, 15) is 10.2 Å². The van der Waals surface area contributed by atoms with E-state index in [1.165, 1.54) is 0 Å². The summed E-state index contributed by atoms with van der Waals surface area (Å²) in [6.45, 7) is 4.50. The average molecular weight is 377 g/mol. The molecule has 1 saturated heterocycles. The summed E-state index contributed by atoms with van der Waals surface area (Å²) >= 11 is 6.38. The van der Waals surface area contributed by atoms with Crippen molar-refractivity contribution in [3.63, 3.8) is 0 Å². The van der Waals surface area contributed by atoms with Crippen molar-refractivity contribution in [3.8, 4) is 5.75 Å². The molecule has 0 spiro atoms. The van der Waals surface area contributed by atoms with E-state index < -0.39 is 18.3 Å². The molecule has 2 aromatic carbocycles. The van der Waals surface area contributed by atoms with Gasteiger partial charge in [-0.05, 0) is 55.2 Å². The molecule has 0 bridgehead atoms. The van der Waals surface area contributed by atoms with Gasteiger partial charge in [-0.1, -0.05) is 35.9 Å². The molecule has 1 aliphatic heterocycles. The minimum atomic E-state index is -0.939. The standard InChI is InChI=1S/C21H25ClO4/c1-3-25-17-7-4-14(5-8-17)11-16-12-15(6-9-18(16)22)21-20(24)19(23)10-13(2)26-21/h4-9,12-13,19-21,23-24H,3,10-11H2,1-2H3. The van der Waals surface area contributed by atoms with Crippen LogP contribution >= 0.6 is 11.6 Å². The third-order valence-electron chi connectivity index (χ3n) is 4.68. The second-order valence-electron chi connectivity index (χ2n) is 6.77. The Balaban J connectivity index is 1.81. The van der Waals surface area contributed by atoms with Crippen LogP contribution in [0.5, 0.6) is 5.75 Å². The second kappa shape index (κ2) is 8.40. The smallest absolute Gasteiger partial charge is 0.119 e. The van der Waals surface area contributed by atoms with Gasteiger partial charge in [0.2, 0.25) is 0 Å². The van der Waals surface area contributed by atoms with Crippen molar-refractivity contribution in [1.82, 2.24) is 0 Å². The number of benzene rings is 2. The molecule has 0 aromatic heterocycles. The van der Waals surface area contributed by atoms with Crippen LogP contribution in [0.15, 0.2) is 42.5 Å². The Morgan fingerprint density at radius 3 is 2.58 bits per heavy atom. The first kappa shape index (κ1) is 19.2. The van der Waals surface area contributed by atoms with E-state index in [1.807, 2.05) is 56.3 Å². The summed E-state index contributed by atoms with van der Waals surface area (Å²) in [6, 6.07) is 13.6. The van der Waals surface area contributed by atoms with Crippen LogP contribution in [-0.4, -0.2) is 35.1 Å². The molecule has 5 heteroatoms. The zero-order valence-corrected chi connectivity index (χ0v) is 15.8. The van der Waals surface area contributed by atoms with Gasteiger partial charge < -0.3 is 19.7 Å². The van der Waals surface area contributed by atoms with Crippen molar-refractivity contribution in [2.24, 2.45) is 0 Å². The molecule has 0 radical (unpaired) electrons. The van der Waals surface area contributed by atoms with Crippen molar-refractivity contribution in [3.05, 3.63) is 64.2 Å². The lowest BCUT2D eigenvalue weighted by atomic mass is 9.92. The van der Waals surface area contributed by atoms with E-state index in [4.69, 9.17) is 21.1 Å². The number of halogens is 1. The Hall–Kier alpha value is -1.59. The maximum absolute atomic E-state index is 10.3. The predicted molar refractivity (Wildman–Crippen MR) is 102 cm³/mol. The number of hydrogen-bond donors (Lipinski definition) is 2. The fourth-order valence-electron chi connectivity index (χ4n) is 3.34. The van der Waals surface area contributed by atoms with Gasteiger partial charge in [0.05, 0.1) is 18.8 Å². The third-order valence-corrected chi connectivity index (χ3v) is 5.05. The van der Waals surface area contributed by atoms with Gasteiger partial charge in [-0.2, -0.15) is 0 Å². The van der Waals surface area contributed by atoms with Gasteiger partial charge >= 0.3 is 0 Å². The number of aliphatic hydroxyl groups excluding tert-OH is 2. The summed E-state index contributed by atoms with van der Waals surface area (Å²) in [7, 11) is 0. The van der Waals surface area contributed by atoms with E-state index in [0.717, 1.165) is 22.4 Å². The first-order valence-electron chi connectivity index (χ1n) is 8.99. The first-order chi connectivity index (χ1) is 12.5. The Morgan fingerprint density at radius 2 is 1.88 bits per heavy atom. The van der Waals surface area contributed by atoms with E-state index in [2.05, 4.69) is 0 Å². The van der Waals surface area contributed by atoms with Crippen molar-refractivity contribution < 1.29 is 19.7 Å². The summed E-state index contributed by atoms with van der Waals surface area (Å²) in [6.07, 6.45) is -1.28. The van der Waals surface area contributed by atoms with Gasteiger partial charge in [-0.15, -0.1) is 0 Å². The van der Waals surface area contributed by atoms with Crippen LogP contribution in [0.3, 0.4) is 0 Å². The molecular formula is C21H25ClO4. The van der Waals surface area contributed by atoms with E-state index in [-0.39, 0.29) is 6.10 Å². The largest absolute Gasteiger partial charge is 0.494 e. The molecule has 140 valence electrons. The SMILES string of the molecule is CCOc1ccc(Cc2cc(C3OC(C)CC(O)C3O)ccc2Cl)cc1. The summed E-state index contributed by atoms with van der Waals surface area (Å²) in [5, 5.41) is 21.0. The summed E-state index contributed by atoms with van der Waals surface area (Å²) < 4.78 is 11.3. The van der Waals surface area contributed by atoms with Crippen molar-refractivity contribution >= 4 is 11.6 Å². The lowest BCUT2D eigenvalue weighted by Crippen LogP contribution is -2.42. The van der Waals surface area contributed by atoms with Crippen molar-refractivity contribution in [2.45, 2.75) is 51.1 Å². The molecule has 0 saturated carbocycles. The molecule has 0 aliphatic carbocycles. The maximum atomic E-state index is 10.3. The van der Waals surface area contributed by atoms with Gasteiger partial charge in [-0.25, -0.2) is 0 Å². The highest BCUT2D eigenvalue weighted by molar-refractivity contribution is 6.31. The Bertz CT molecular complexity index is 731. The lowest BCUT2D eigenvalue weighted by molar-refractivity contribution is -0.166. The highest BCUT2D eigenvalue weighted by Gasteiger charge is 2.36. The Labute approximate surface area is 159 Å². The molecule has 1 aliphatic rings. The van der Waals surface area contributed by atoms with Crippen LogP contribution in [0.1, 0.15) is 43.1 Å². The molecule has 0 amide bonds. The molecule has 1 heterocycles. The number of hydrogen-bond acceptors (Lipinski definition) is 4. The molecule has 2 aromatic rings.